The van der Waals surface area contributed by atoms with Crippen molar-refractivity contribution in [3.05, 3.63) is 52.2 Å². The molecule has 1 atom stereocenters. The summed E-state index contributed by atoms with van der Waals surface area (Å²) in [5.74, 6) is 0.593. The van der Waals surface area contributed by atoms with Crippen LogP contribution in [0.25, 0.3) is 0 Å². The molecule has 2 aromatic rings. The summed E-state index contributed by atoms with van der Waals surface area (Å²) in [6.45, 7) is 3.52. The van der Waals surface area contributed by atoms with Crippen LogP contribution in [0.15, 0.2) is 22.6 Å². The number of hydrogen-bond donors (Lipinski definition) is 2. The van der Waals surface area contributed by atoms with Gasteiger partial charge in [0.05, 0.1) is 0 Å². The van der Waals surface area contributed by atoms with Gasteiger partial charge in [-0.15, -0.1) is 0 Å². The number of furan rings is 1. The van der Waals surface area contributed by atoms with Crippen molar-refractivity contribution >= 4 is 11.6 Å². The summed E-state index contributed by atoms with van der Waals surface area (Å²) in [5, 5.41) is 13.1. The maximum absolute atomic E-state index is 14.2. The number of fused-ring (bicyclic) bond motifs is 1. The molecule has 0 fully saturated rings. The lowest BCUT2D eigenvalue weighted by Gasteiger charge is -2.20. The number of carbonyl (C=O) groups is 1. The van der Waals surface area contributed by atoms with Crippen LogP contribution in [0.5, 0.6) is 0 Å². The SMILES string of the molecule is Cc1cc(C(O)c2cc3c(cc2F)NC(=O)CC3)c(C)o1. The van der Waals surface area contributed by atoms with Crippen molar-refractivity contribution in [1.82, 2.24) is 0 Å². The van der Waals surface area contributed by atoms with Gasteiger partial charge in [0.25, 0.3) is 0 Å². The Morgan fingerprint density at radius 3 is 2.67 bits per heavy atom. The molecule has 110 valence electrons. The van der Waals surface area contributed by atoms with Crippen molar-refractivity contribution in [1.29, 1.82) is 0 Å². The average molecular weight is 289 g/mol. The molecule has 1 amide bonds. The molecule has 1 aliphatic heterocycles. The molecule has 1 aromatic carbocycles. The highest BCUT2D eigenvalue weighted by molar-refractivity contribution is 5.93. The van der Waals surface area contributed by atoms with Crippen LogP contribution in [-0.2, 0) is 11.2 Å². The van der Waals surface area contributed by atoms with E-state index in [1.807, 2.05) is 0 Å². The third-order valence-corrected chi connectivity index (χ3v) is 3.79. The number of halogens is 1. The highest BCUT2D eigenvalue weighted by Gasteiger charge is 2.23. The largest absolute Gasteiger partial charge is 0.466 e. The van der Waals surface area contributed by atoms with Crippen LogP contribution in [0, 0.1) is 19.7 Å². The Kier molecular flexibility index (Phi) is 3.29. The molecule has 0 bridgehead atoms. The van der Waals surface area contributed by atoms with Crippen molar-refractivity contribution in [3.63, 3.8) is 0 Å². The Morgan fingerprint density at radius 1 is 1.24 bits per heavy atom. The van der Waals surface area contributed by atoms with Gasteiger partial charge < -0.3 is 14.8 Å². The zero-order valence-electron chi connectivity index (χ0n) is 11.9. The lowest BCUT2D eigenvalue weighted by atomic mass is 9.95. The summed E-state index contributed by atoms with van der Waals surface area (Å²) in [6.07, 6.45) is -0.159. The summed E-state index contributed by atoms with van der Waals surface area (Å²) in [6, 6.07) is 4.60. The van der Waals surface area contributed by atoms with Gasteiger partial charge in [0.2, 0.25) is 5.91 Å². The predicted octanol–water partition coefficient (Wildman–Crippen LogP) is 3.00. The van der Waals surface area contributed by atoms with E-state index in [1.54, 1.807) is 26.0 Å². The molecule has 0 spiro atoms. The average Bonchev–Trinajstić information content (AvgIpc) is 2.76. The minimum atomic E-state index is -1.08. The number of benzene rings is 1. The van der Waals surface area contributed by atoms with Crippen LogP contribution >= 0.6 is 0 Å². The van der Waals surface area contributed by atoms with Crippen LogP contribution in [0.3, 0.4) is 0 Å². The maximum Gasteiger partial charge on any atom is 0.224 e. The molecule has 0 aliphatic carbocycles. The molecule has 21 heavy (non-hydrogen) atoms. The normalized spacial score (nSPS) is 15.5. The van der Waals surface area contributed by atoms with E-state index in [9.17, 15) is 14.3 Å². The van der Waals surface area contributed by atoms with Crippen LogP contribution in [0.2, 0.25) is 0 Å². The second-order valence-corrected chi connectivity index (χ2v) is 5.35. The first-order chi connectivity index (χ1) is 9.95. The van der Waals surface area contributed by atoms with Crippen LogP contribution in [0.1, 0.15) is 40.7 Å². The Morgan fingerprint density at radius 2 is 2.00 bits per heavy atom. The van der Waals surface area contributed by atoms with Gasteiger partial charge in [-0.05, 0) is 44.0 Å². The third kappa shape index (κ3) is 2.45. The molecular weight excluding hydrogens is 273 g/mol. The zero-order valence-corrected chi connectivity index (χ0v) is 11.9. The topological polar surface area (TPSA) is 62.5 Å². The highest BCUT2D eigenvalue weighted by Crippen LogP contribution is 2.33. The van der Waals surface area contributed by atoms with E-state index in [0.717, 1.165) is 5.56 Å². The van der Waals surface area contributed by atoms with Crippen LogP contribution < -0.4 is 5.32 Å². The maximum atomic E-state index is 14.2. The van der Waals surface area contributed by atoms with Gasteiger partial charge in [-0.2, -0.15) is 0 Å². The number of nitrogens with one attached hydrogen (secondary N) is 1. The van der Waals surface area contributed by atoms with Gasteiger partial charge in [0.15, 0.2) is 0 Å². The van der Waals surface area contributed by atoms with Crippen LogP contribution in [-0.4, -0.2) is 11.0 Å². The van der Waals surface area contributed by atoms with Gasteiger partial charge >= 0.3 is 0 Å². The molecule has 0 saturated heterocycles. The van der Waals surface area contributed by atoms with Crippen molar-refractivity contribution < 1.29 is 18.7 Å². The number of aryl methyl sites for hydroxylation is 3. The number of anilines is 1. The van der Waals surface area contributed by atoms with Crippen molar-refractivity contribution in [2.75, 3.05) is 5.32 Å². The van der Waals surface area contributed by atoms with E-state index in [4.69, 9.17) is 4.42 Å². The fourth-order valence-corrected chi connectivity index (χ4v) is 2.72. The smallest absolute Gasteiger partial charge is 0.224 e. The first-order valence-corrected chi connectivity index (χ1v) is 6.83. The van der Waals surface area contributed by atoms with Gasteiger partial charge in [-0.3, -0.25) is 4.79 Å². The standard InChI is InChI=1S/C16H16FNO3/c1-8-5-11(9(2)21-8)16(20)12-6-10-3-4-15(19)18-14(10)7-13(12)17/h5-7,16,20H,3-4H2,1-2H3,(H,18,19). The van der Waals surface area contributed by atoms with E-state index in [1.165, 1.54) is 6.07 Å². The molecule has 0 radical (unpaired) electrons. The Labute approximate surface area is 121 Å². The lowest BCUT2D eigenvalue weighted by Crippen LogP contribution is -2.20. The van der Waals surface area contributed by atoms with Gasteiger partial charge in [0, 0.05) is 23.2 Å². The van der Waals surface area contributed by atoms with E-state index in [2.05, 4.69) is 5.32 Å². The summed E-state index contributed by atoms with van der Waals surface area (Å²) in [5.41, 5.74) is 2.09. The Hall–Kier alpha value is -2.14. The van der Waals surface area contributed by atoms with Crippen LogP contribution in [0.4, 0.5) is 10.1 Å². The quantitative estimate of drug-likeness (QED) is 0.893. The number of aliphatic hydroxyl groups excluding tert-OH is 1. The summed E-state index contributed by atoms with van der Waals surface area (Å²) in [7, 11) is 0. The Balaban J connectivity index is 2.03. The minimum absolute atomic E-state index is 0.114. The molecular formula is C16H16FNO3. The second kappa shape index (κ2) is 5.00. The molecule has 2 heterocycles. The second-order valence-electron chi connectivity index (χ2n) is 5.35. The molecule has 1 aliphatic rings. The van der Waals surface area contributed by atoms with E-state index >= 15 is 0 Å². The van der Waals surface area contributed by atoms with Crippen molar-refractivity contribution in [2.24, 2.45) is 0 Å². The number of amides is 1. The van der Waals surface area contributed by atoms with E-state index in [0.29, 0.717) is 35.6 Å². The summed E-state index contributed by atoms with van der Waals surface area (Å²) >= 11 is 0. The predicted molar refractivity (Wildman–Crippen MR) is 75.6 cm³/mol. The monoisotopic (exact) mass is 289 g/mol. The first kappa shape index (κ1) is 13.8. The fourth-order valence-electron chi connectivity index (χ4n) is 2.72. The fraction of sp³-hybridized carbons (Fsp3) is 0.312. The number of hydrogen-bond acceptors (Lipinski definition) is 3. The van der Waals surface area contributed by atoms with Crippen molar-refractivity contribution in [2.45, 2.75) is 32.8 Å². The zero-order chi connectivity index (χ0) is 15.1. The molecule has 1 aromatic heterocycles. The number of aliphatic hydroxyl groups is 1. The molecule has 5 heteroatoms. The summed E-state index contributed by atoms with van der Waals surface area (Å²) in [4.78, 5) is 11.3. The number of carbonyl (C=O) groups excluding carboxylic acids is 1. The lowest BCUT2D eigenvalue weighted by molar-refractivity contribution is -0.116. The first-order valence-electron chi connectivity index (χ1n) is 6.83. The highest BCUT2D eigenvalue weighted by atomic mass is 19.1. The van der Waals surface area contributed by atoms with Gasteiger partial charge in [0.1, 0.15) is 23.4 Å². The molecule has 3 rings (SSSR count). The van der Waals surface area contributed by atoms with Gasteiger partial charge in [-0.1, -0.05) is 0 Å². The molecule has 0 saturated carbocycles. The van der Waals surface area contributed by atoms with E-state index in [-0.39, 0.29) is 11.5 Å². The Bertz CT molecular complexity index is 721. The third-order valence-electron chi connectivity index (χ3n) is 3.79. The minimum Gasteiger partial charge on any atom is -0.466 e. The van der Waals surface area contributed by atoms with Crippen molar-refractivity contribution in [3.8, 4) is 0 Å². The molecule has 1 unspecified atom stereocenters. The van der Waals surface area contributed by atoms with Gasteiger partial charge in [-0.25, -0.2) is 4.39 Å². The summed E-state index contributed by atoms with van der Waals surface area (Å²) < 4.78 is 19.6. The number of rotatable bonds is 2. The molecule has 4 nitrogen and oxygen atoms in total. The van der Waals surface area contributed by atoms with E-state index < -0.39 is 11.9 Å². The molecule has 2 N–H and O–H groups in total.